The summed E-state index contributed by atoms with van der Waals surface area (Å²) in [5, 5.41) is 1.92. The second-order valence-electron chi connectivity index (χ2n) is 3.55. The van der Waals surface area contributed by atoms with Crippen molar-refractivity contribution >= 4 is 23.5 Å². The minimum Gasteiger partial charge on any atom is -0.231 e. The van der Waals surface area contributed by atoms with Crippen molar-refractivity contribution in [1.82, 2.24) is 9.97 Å². The Morgan fingerprint density at radius 2 is 1.82 bits per heavy atom. The second kappa shape index (κ2) is 6.07. The van der Waals surface area contributed by atoms with Gasteiger partial charge in [-0.2, -0.15) is 0 Å². The lowest BCUT2D eigenvalue weighted by Gasteiger charge is -2.07. The minimum atomic E-state index is 0.839. The molecule has 0 bridgehead atoms. The van der Waals surface area contributed by atoms with Gasteiger partial charge in [0.25, 0.3) is 0 Å². The lowest BCUT2D eigenvalue weighted by atomic mass is 10.1. The van der Waals surface area contributed by atoms with E-state index in [0.717, 1.165) is 16.6 Å². The Kier molecular flexibility index (Phi) is 4.45. The molecule has 88 valence electrons. The fourth-order valence-electron chi connectivity index (χ4n) is 1.59. The van der Waals surface area contributed by atoms with Gasteiger partial charge in [-0.25, -0.2) is 9.97 Å². The highest BCUT2D eigenvalue weighted by molar-refractivity contribution is 7.99. The van der Waals surface area contributed by atoms with Crippen LogP contribution in [0.4, 0.5) is 0 Å². The van der Waals surface area contributed by atoms with Crippen molar-refractivity contribution in [2.24, 2.45) is 0 Å². The van der Waals surface area contributed by atoms with E-state index in [0.29, 0.717) is 0 Å². The zero-order valence-corrected chi connectivity index (χ0v) is 11.5. The molecule has 0 saturated heterocycles. The molecular formula is C13H14N2S2. The molecule has 0 spiro atoms. The summed E-state index contributed by atoms with van der Waals surface area (Å²) in [7, 11) is 0. The molecule has 1 aromatic heterocycles. The van der Waals surface area contributed by atoms with Gasteiger partial charge in [0.05, 0.1) is 0 Å². The van der Waals surface area contributed by atoms with Crippen molar-refractivity contribution in [3.05, 3.63) is 47.7 Å². The van der Waals surface area contributed by atoms with Crippen LogP contribution in [-0.4, -0.2) is 22.5 Å². The summed E-state index contributed by atoms with van der Waals surface area (Å²) in [6.45, 7) is 0. The Bertz CT molecular complexity index is 486. The molecule has 0 amide bonds. The first-order chi connectivity index (χ1) is 8.33. The van der Waals surface area contributed by atoms with Gasteiger partial charge in [-0.05, 0) is 18.1 Å². The normalized spacial score (nSPS) is 10.5. The van der Waals surface area contributed by atoms with Gasteiger partial charge in [-0.3, -0.25) is 0 Å². The Balaban J connectivity index is 2.26. The average Bonchev–Trinajstić information content (AvgIpc) is 2.40. The van der Waals surface area contributed by atoms with Gasteiger partial charge in [0.1, 0.15) is 5.03 Å². The Morgan fingerprint density at radius 1 is 1.06 bits per heavy atom. The highest BCUT2D eigenvalue weighted by Crippen LogP contribution is 2.22. The minimum absolute atomic E-state index is 0.839. The maximum Gasteiger partial charge on any atom is 0.188 e. The van der Waals surface area contributed by atoms with Gasteiger partial charge < -0.3 is 0 Å². The van der Waals surface area contributed by atoms with Crippen LogP contribution in [-0.2, 0) is 6.42 Å². The molecule has 1 heterocycles. The second-order valence-corrected chi connectivity index (χ2v) is 5.12. The molecule has 0 fully saturated rings. The average molecular weight is 262 g/mol. The largest absolute Gasteiger partial charge is 0.231 e. The molecule has 4 heteroatoms. The lowest BCUT2D eigenvalue weighted by molar-refractivity contribution is 0.853. The number of benzene rings is 1. The maximum absolute atomic E-state index is 4.52. The molecule has 0 saturated carbocycles. The zero-order chi connectivity index (χ0) is 12.1. The van der Waals surface area contributed by atoms with Crippen molar-refractivity contribution < 1.29 is 0 Å². The number of rotatable bonds is 4. The van der Waals surface area contributed by atoms with Crippen LogP contribution < -0.4 is 0 Å². The van der Waals surface area contributed by atoms with Gasteiger partial charge in [0.2, 0.25) is 0 Å². The molecule has 0 aliphatic heterocycles. The molecule has 2 rings (SSSR count). The summed E-state index contributed by atoms with van der Waals surface area (Å²) >= 11 is 3.26. The van der Waals surface area contributed by atoms with Crippen LogP contribution in [0.5, 0.6) is 0 Å². The van der Waals surface area contributed by atoms with Gasteiger partial charge in [0.15, 0.2) is 5.16 Å². The molecule has 1 aromatic carbocycles. The quantitative estimate of drug-likeness (QED) is 0.478. The third kappa shape index (κ3) is 3.23. The van der Waals surface area contributed by atoms with Crippen molar-refractivity contribution in [2.75, 3.05) is 12.5 Å². The first-order valence-corrected chi connectivity index (χ1v) is 7.76. The molecule has 0 N–H and O–H groups in total. The van der Waals surface area contributed by atoms with E-state index < -0.39 is 0 Å². The SMILES string of the molecule is CSc1ncc(Cc2ccccc2)c(SC)n1. The Morgan fingerprint density at radius 3 is 2.47 bits per heavy atom. The van der Waals surface area contributed by atoms with Gasteiger partial charge in [0, 0.05) is 18.2 Å². The maximum atomic E-state index is 4.52. The van der Waals surface area contributed by atoms with E-state index in [2.05, 4.69) is 40.5 Å². The Labute approximate surface area is 110 Å². The topological polar surface area (TPSA) is 25.8 Å². The predicted molar refractivity (Wildman–Crippen MR) is 74.8 cm³/mol. The third-order valence-electron chi connectivity index (χ3n) is 2.42. The molecule has 2 nitrogen and oxygen atoms in total. The van der Waals surface area contributed by atoms with Crippen LogP contribution in [0.25, 0.3) is 0 Å². The molecule has 0 atom stereocenters. The molecule has 0 unspecified atom stereocenters. The summed E-state index contributed by atoms with van der Waals surface area (Å²) in [4.78, 5) is 8.86. The highest BCUT2D eigenvalue weighted by Gasteiger charge is 2.06. The molecule has 0 radical (unpaired) electrons. The van der Waals surface area contributed by atoms with Crippen molar-refractivity contribution in [1.29, 1.82) is 0 Å². The van der Waals surface area contributed by atoms with E-state index in [1.807, 2.05) is 18.5 Å². The molecule has 0 aliphatic carbocycles. The monoisotopic (exact) mass is 262 g/mol. The summed E-state index contributed by atoms with van der Waals surface area (Å²) in [5.74, 6) is 0. The zero-order valence-electron chi connectivity index (χ0n) is 9.88. The number of hydrogen-bond acceptors (Lipinski definition) is 4. The lowest BCUT2D eigenvalue weighted by Crippen LogP contribution is -1.97. The van der Waals surface area contributed by atoms with Crippen LogP contribution in [0.1, 0.15) is 11.1 Å². The molecule has 2 aromatic rings. The molecular weight excluding hydrogens is 248 g/mol. The van der Waals surface area contributed by atoms with Crippen LogP contribution in [0.3, 0.4) is 0 Å². The van der Waals surface area contributed by atoms with Gasteiger partial charge in [-0.1, -0.05) is 42.1 Å². The van der Waals surface area contributed by atoms with Crippen molar-refractivity contribution in [3.8, 4) is 0 Å². The van der Waals surface area contributed by atoms with Crippen molar-refractivity contribution in [3.63, 3.8) is 0 Å². The number of thioether (sulfide) groups is 2. The first kappa shape index (κ1) is 12.5. The smallest absolute Gasteiger partial charge is 0.188 e. The number of nitrogens with zero attached hydrogens (tertiary/aromatic N) is 2. The first-order valence-electron chi connectivity index (χ1n) is 5.31. The van der Waals surface area contributed by atoms with Crippen LogP contribution in [0.2, 0.25) is 0 Å². The van der Waals surface area contributed by atoms with Crippen molar-refractivity contribution in [2.45, 2.75) is 16.6 Å². The predicted octanol–water partition coefficient (Wildman–Crippen LogP) is 3.51. The van der Waals surface area contributed by atoms with E-state index in [4.69, 9.17) is 0 Å². The molecule has 17 heavy (non-hydrogen) atoms. The fraction of sp³-hybridized carbons (Fsp3) is 0.231. The van der Waals surface area contributed by atoms with Crippen LogP contribution >= 0.6 is 23.5 Å². The number of aromatic nitrogens is 2. The van der Waals surface area contributed by atoms with E-state index in [1.165, 1.54) is 11.1 Å². The van der Waals surface area contributed by atoms with E-state index >= 15 is 0 Å². The highest BCUT2D eigenvalue weighted by atomic mass is 32.2. The number of hydrogen-bond donors (Lipinski definition) is 0. The fourth-order valence-corrected chi connectivity index (χ4v) is 2.55. The summed E-state index contributed by atoms with van der Waals surface area (Å²) in [5.41, 5.74) is 2.49. The van der Waals surface area contributed by atoms with E-state index in [1.54, 1.807) is 23.5 Å². The summed E-state index contributed by atoms with van der Waals surface area (Å²) in [6.07, 6.45) is 6.89. The van der Waals surface area contributed by atoms with Crippen LogP contribution in [0.15, 0.2) is 46.7 Å². The van der Waals surface area contributed by atoms with Crippen LogP contribution in [0, 0.1) is 0 Å². The summed E-state index contributed by atoms with van der Waals surface area (Å²) in [6, 6.07) is 10.4. The van der Waals surface area contributed by atoms with Gasteiger partial charge in [-0.15, -0.1) is 11.8 Å². The summed E-state index contributed by atoms with van der Waals surface area (Å²) < 4.78 is 0. The van der Waals surface area contributed by atoms with E-state index in [-0.39, 0.29) is 0 Å². The Hall–Kier alpha value is -1.00. The standard InChI is InChI=1S/C13H14N2S2/c1-16-12-11(9-14-13(15-12)17-2)8-10-6-4-3-5-7-10/h3-7,9H,8H2,1-2H3. The van der Waals surface area contributed by atoms with E-state index in [9.17, 15) is 0 Å². The third-order valence-corrected chi connectivity index (χ3v) is 3.72. The molecule has 0 aliphatic rings. The van der Waals surface area contributed by atoms with Gasteiger partial charge >= 0.3 is 0 Å².